The van der Waals surface area contributed by atoms with Crippen LogP contribution in [0.15, 0.2) is 28.7 Å². The number of aromatic nitrogens is 1. The number of amides is 1. The van der Waals surface area contributed by atoms with E-state index in [9.17, 15) is 13.6 Å². The van der Waals surface area contributed by atoms with Gasteiger partial charge in [-0.15, -0.1) is 0 Å². The van der Waals surface area contributed by atoms with Gasteiger partial charge >= 0.3 is 0 Å². The fourth-order valence-electron chi connectivity index (χ4n) is 1.39. The Bertz CT molecular complexity index is 697. The van der Waals surface area contributed by atoms with Crippen LogP contribution in [0.2, 0.25) is 10.3 Å². The normalized spacial score (nSPS) is 10.4. The molecule has 8 heteroatoms. The van der Waals surface area contributed by atoms with Gasteiger partial charge in [0.2, 0.25) is 0 Å². The van der Waals surface area contributed by atoms with Gasteiger partial charge in [0.15, 0.2) is 0 Å². The average Bonchev–Trinajstić information content (AvgIpc) is 2.35. The van der Waals surface area contributed by atoms with Crippen molar-refractivity contribution in [2.75, 3.05) is 5.32 Å². The molecule has 1 aromatic carbocycles. The molecule has 0 bridgehead atoms. The molecule has 0 aliphatic heterocycles. The van der Waals surface area contributed by atoms with Crippen LogP contribution < -0.4 is 5.32 Å². The standard InChI is InChI=1S/C12H5BrCl2F2N2O/c13-6-3-8(17)9(4-7(6)16)18-12(20)5-1-2-10(14)19-11(5)15/h1-4H,(H,18,20). The van der Waals surface area contributed by atoms with Crippen molar-refractivity contribution < 1.29 is 13.6 Å². The number of carbonyl (C=O) groups is 1. The van der Waals surface area contributed by atoms with Crippen LogP contribution in [-0.4, -0.2) is 10.9 Å². The van der Waals surface area contributed by atoms with E-state index >= 15 is 0 Å². The molecule has 0 radical (unpaired) electrons. The highest BCUT2D eigenvalue weighted by atomic mass is 79.9. The van der Waals surface area contributed by atoms with Gasteiger partial charge in [-0.2, -0.15) is 0 Å². The number of carbonyl (C=O) groups excluding carboxylic acids is 1. The molecule has 0 fully saturated rings. The number of benzene rings is 1. The van der Waals surface area contributed by atoms with E-state index in [1.807, 2.05) is 0 Å². The molecule has 1 amide bonds. The Morgan fingerprint density at radius 1 is 1.20 bits per heavy atom. The topological polar surface area (TPSA) is 42.0 Å². The zero-order chi connectivity index (χ0) is 14.9. The third-order valence-electron chi connectivity index (χ3n) is 2.32. The van der Waals surface area contributed by atoms with E-state index in [1.54, 1.807) is 0 Å². The summed E-state index contributed by atoms with van der Waals surface area (Å²) in [5.74, 6) is -2.22. The summed E-state index contributed by atoms with van der Waals surface area (Å²) in [6.07, 6.45) is 0. The first-order valence-electron chi connectivity index (χ1n) is 5.16. The molecule has 1 N–H and O–H groups in total. The second-order valence-corrected chi connectivity index (χ2v) is 5.27. The van der Waals surface area contributed by atoms with Crippen LogP contribution >= 0.6 is 39.1 Å². The van der Waals surface area contributed by atoms with E-state index in [-0.39, 0.29) is 26.0 Å². The summed E-state index contributed by atoms with van der Waals surface area (Å²) < 4.78 is 26.9. The van der Waals surface area contributed by atoms with Crippen molar-refractivity contribution in [3.63, 3.8) is 0 Å². The lowest BCUT2D eigenvalue weighted by atomic mass is 10.2. The van der Waals surface area contributed by atoms with Gasteiger partial charge in [-0.3, -0.25) is 4.79 Å². The summed E-state index contributed by atoms with van der Waals surface area (Å²) in [7, 11) is 0. The van der Waals surface area contributed by atoms with E-state index in [0.717, 1.165) is 12.1 Å². The molecule has 104 valence electrons. The summed E-state index contributed by atoms with van der Waals surface area (Å²) in [6, 6.07) is 4.46. The Balaban J connectivity index is 2.30. The van der Waals surface area contributed by atoms with Crippen LogP contribution in [0.3, 0.4) is 0 Å². The minimum absolute atomic E-state index is 0.00112. The number of rotatable bonds is 2. The molecule has 0 atom stereocenters. The van der Waals surface area contributed by atoms with Crippen LogP contribution in [0, 0.1) is 11.6 Å². The number of pyridine rings is 1. The number of hydrogen-bond acceptors (Lipinski definition) is 2. The van der Waals surface area contributed by atoms with Crippen LogP contribution in [0.25, 0.3) is 0 Å². The largest absolute Gasteiger partial charge is 0.319 e. The quantitative estimate of drug-likeness (QED) is 0.606. The van der Waals surface area contributed by atoms with Crippen LogP contribution in [0.1, 0.15) is 10.4 Å². The molecule has 2 aromatic rings. The van der Waals surface area contributed by atoms with E-state index in [4.69, 9.17) is 23.2 Å². The minimum atomic E-state index is -0.787. The molecule has 0 spiro atoms. The Morgan fingerprint density at radius 2 is 1.90 bits per heavy atom. The first-order chi connectivity index (χ1) is 9.38. The SMILES string of the molecule is O=C(Nc1cc(F)c(Br)cc1F)c1ccc(Cl)nc1Cl. The number of hydrogen-bond donors (Lipinski definition) is 1. The highest BCUT2D eigenvalue weighted by molar-refractivity contribution is 9.10. The minimum Gasteiger partial charge on any atom is -0.319 e. The molecular formula is C12H5BrCl2F2N2O. The van der Waals surface area contributed by atoms with E-state index < -0.39 is 17.5 Å². The summed E-state index contributed by atoms with van der Waals surface area (Å²) in [4.78, 5) is 15.6. The predicted molar refractivity (Wildman–Crippen MR) is 76.3 cm³/mol. The molecule has 0 saturated heterocycles. The highest BCUT2D eigenvalue weighted by Gasteiger charge is 2.15. The fourth-order valence-corrected chi connectivity index (χ4v) is 2.14. The third-order valence-corrected chi connectivity index (χ3v) is 3.42. The average molecular weight is 382 g/mol. The number of nitrogens with one attached hydrogen (secondary N) is 1. The van der Waals surface area contributed by atoms with Gasteiger partial charge in [0, 0.05) is 6.07 Å². The maximum absolute atomic E-state index is 13.6. The maximum Gasteiger partial charge on any atom is 0.258 e. The zero-order valence-corrected chi connectivity index (χ0v) is 12.7. The molecule has 2 rings (SSSR count). The van der Waals surface area contributed by atoms with Gasteiger partial charge in [-0.05, 0) is 34.1 Å². The predicted octanol–water partition coefficient (Wildman–Crippen LogP) is 4.68. The van der Waals surface area contributed by atoms with Crippen molar-refractivity contribution in [3.05, 3.63) is 56.2 Å². The van der Waals surface area contributed by atoms with E-state index in [1.165, 1.54) is 12.1 Å². The molecule has 1 aromatic heterocycles. The Hall–Kier alpha value is -1.24. The summed E-state index contributed by atoms with van der Waals surface area (Å²) in [5.41, 5.74) is -0.305. The van der Waals surface area contributed by atoms with Gasteiger partial charge in [0.25, 0.3) is 5.91 Å². The van der Waals surface area contributed by atoms with Gasteiger partial charge in [0.05, 0.1) is 15.7 Å². The van der Waals surface area contributed by atoms with Crippen LogP contribution in [-0.2, 0) is 0 Å². The summed E-state index contributed by atoms with van der Waals surface area (Å²) in [6.45, 7) is 0. The first-order valence-corrected chi connectivity index (χ1v) is 6.71. The monoisotopic (exact) mass is 380 g/mol. The van der Waals surface area contributed by atoms with Crippen molar-refractivity contribution in [2.24, 2.45) is 0 Å². The van der Waals surface area contributed by atoms with Crippen molar-refractivity contribution in [3.8, 4) is 0 Å². The second-order valence-electron chi connectivity index (χ2n) is 3.67. The molecule has 0 unspecified atom stereocenters. The van der Waals surface area contributed by atoms with Crippen LogP contribution in [0.4, 0.5) is 14.5 Å². The summed E-state index contributed by atoms with van der Waals surface area (Å²) >= 11 is 14.2. The van der Waals surface area contributed by atoms with E-state index in [2.05, 4.69) is 26.2 Å². The molecule has 3 nitrogen and oxygen atoms in total. The third kappa shape index (κ3) is 3.26. The molecule has 0 aliphatic carbocycles. The number of nitrogens with zero attached hydrogens (tertiary/aromatic N) is 1. The lowest BCUT2D eigenvalue weighted by molar-refractivity contribution is 0.102. The number of halogens is 5. The highest BCUT2D eigenvalue weighted by Crippen LogP contribution is 2.24. The summed E-state index contributed by atoms with van der Waals surface area (Å²) in [5, 5.41) is 2.20. The molecule has 20 heavy (non-hydrogen) atoms. The Labute approximate surface area is 131 Å². The van der Waals surface area contributed by atoms with Gasteiger partial charge in [-0.1, -0.05) is 23.2 Å². The molecule has 0 saturated carbocycles. The fraction of sp³-hybridized carbons (Fsp3) is 0. The lowest BCUT2D eigenvalue weighted by Gasteiger charge is -2.08. The van der Waals surface area contributed by atoms with Gasteiger partial charge in [0.1, 0.15) is 21.9 Å². The first kappa shape index (κ1) is 15.2. The zero-order valence-electron chi connectivity index (χ0n) is 9.55. The molecule has 0 aliphatic rings. The van der Waals surface area contributed by atoms with Crippen molar-refractivity contribution in [1.29, 1.82) is 0 Å². The number of anilines is 1. The second kappa shape index (κ2) is 6.03. The maximum atomic E-state index is 13.6. The molecular weight excluding hydrogens is 377 g/mol. The lowest BCUT2D eigenvalue weighted by Crippen LogP contribution is -2.14. The Kier molecular flexibility index (Phi) is 4.57. The Morgan fingerprint density at radius 3 is 2.55 bits per heavy atom. The molecule has 1 heterocycles. The van der Waals surface area contributed by atoms with E-state index in [0.29, 0.717) is 0 Å². The van der Waals surface area contributed by atoms with Gasteiger partial charge in [-0.25, -0.2) is 13.8 Å². The van der Waals surface area contributed by atoms with Crippen molar-refractivity contribution >= 4 is 50.7 Å². The van der Waals surface area contributed by atoms with Gasteiger partial charge < -0.3 is 5.32 Å². The smallest absolute Gasteiger partial charge is 0.258 e. The van der Waals surface area contributed by atoms with Crippen LogP contribution in [0.5, 0.6) is 0 Å². The van der Waals surface area contributed by atoms with Crippen molar-refractivity contribution in [1.82, 2.24) is 4.98 Å². The van der Waals surface area contributed by atoms with Crippen molar-refractivity contribution in [2.45, 2.75) is 0 Å².